The molecule has 1 atom stereocenters. The number of hydrogen-bond acceptors (Lipinski definition) is 5. The first-order valence-electron chi connectivity index (χ1n) is 9.84. The molecule has 0 saturated carbocycles. The Morgan fingerprint density at radius 1 is 1.10 bits per heavy atom. The number of hydrogen-bond donors (Lipinski definition) is 3. The highest BCUT2D eigenvalue weighted by Crippen LogP contribution is 2.18. The Morgan fingerprint density at radius 2 is 1.76 bits per heavy atom. The van der Waals surface area contributed by atoms with Crippen molar-refractivity contribution in [1.29, 1.82) is 0 Å². The summed E-state index contributed by atoms with van der Waals surface area (Å²) >= 11 is 0. The molecule has 0 aromatic heterocycles. The number of esters is 1. The summed E-state index contributed by atoms with van der Waals surface area (Å²) in [6.45, 7) is 3.65. The Labute approximate surface area is 170 Å². The summed E-state index contributed by atoms with van der Waals surface area (Å²) in [6.07, 6.45) is 0.406. The molecule has 1 heterocycles. The number of rotatable bonds is 7. The van der Waals surface area contributed by atoms with Gasteiger partial charge in [0.25, 0.3) is 5.91 Å². The van der Waals surface area contributed by atoms with Gasteiger partial charge in [-0.15, -0.1) is 0 Å². The smallest absolute Gasteiger partial charge is 0.328 e. The Morgan fingerprint density at radius 3 is 2.38 bits per heavy atom. The maximum atomic E-state index is 12.5. The van der Waals surface area contributed by atoms with Crippen LogP contribution < -0.4 is 15.1 Å². The van der Waals surface area contributed by atoms with Gasteiger partial charge in [0.2, 0.25) is 0 Å². The standard InChI is InChI=1S/C22H27N3O4/c1-29-22(28)20(15-17-5-3-2-4-6-17)23-21(27)16-24-11-13-25(14-12-24)18-7-9-19(26)10-8-18/h2-10,20,26H,11-16H2,1H3,(H,23,27)/p+1/t20-/m1/s1. The number of quaternary nitrogens is 1. The fourth-order valence-electron chi connectivity index (χ4n) is 3.58. The first-order valence-corrected chi connectivity index (χ1v) is 9.84. The molecule has 0 unspecified atom stereocenters. The molecule has 1 aliphatic heterocycles. The highest BCUT2D eigenvalue weighted by Gasteiger charge is 2.26. The van der Waals surface area contributed by atoms with E-state index < -0.39 is 12.0 Å². The lowest BCUT2D eigenvalue weighted by atomic mass is 10.1. The number of amides is 1. The van der Waals surface area contributed by atoms with Gasteiger partial charge in [0, 0.05) is 12.1 Å². The lowest BCUT2D eigenvalue weighted by Gasteiger charge is -2.33. The first-order chi connectivity index (χ1) is 14.0. The van der Waals surface area contributed by atoms with Crippen LogP contribution in [-0.2, 0) is 20.7 Å². The van der Waals surface area contributed by atoms with E-state index in [1.54, 1.807) is 12.1 Å². The molecule has 154 valence electrons. The minimum Gasteiger partial charge on any atom is -0.508 e. The van der Waals surface area contributed by atoms with Gasteiger partial charge >= 0.3 is 5.97 Å². The summed E-state index contributed by atoms with van der Waals surface area (Å²) in [6, 6.07) is 16.1. The molecule has 1 aliphatic rings. The second-order valence-corrected chi connectivity index (χ2v) is 7.26. The Hall–Kier alpha value is -3.06. The molecule has 1 saturated heterocycles. The number of aromatic hydroxyl groups is 1. The third kappa shape index (κ3) is 5.96. The lowest BCUT2D eigenvalue weighted by Crippen LogP contribution is -3.16. The minimum absolute atomic E-state index is 0.149. The van der Waals surface area contributed by atoms with Crippen LogP contribution in [0.4, 0.5) is 5.69 Å². The molecule has 2 aromatic rings. The van der Waals surface area contributed by atoms with Crippen molar-refractivity contribution in [3.63, 3.8) is 0 Å². The maximum absolute atomic E-state index is 12.5. The molecule has 1 fully saturated rings. The molecule has 2 aromatic carbocycles. The van der Waals surface area contributed by atoms with Gasteiger partial charge < -0.3 is 25.0 Å². The number of ether oxygens (including phenoxy) is 1. The van der Waals surface area contributed by atoms with Gasteiger partial charge in [0.1, 0.15) is 11.8 Å². The highest BCUT2D eigenvalue weighted by atomic mass is 16.5. The number of piperazine rings is 1. The zero-order chi connectivity index (χ0) is 20.6. The quantitative estimate of drug-likeness (QED) is 0.572. The summed E-state index contributed by atoms with van der Waals surface area (Å²) in [5, 5.41) is 12.3. The molecule has 0 radical (unpaired) electrons. The molecule has 3 rings (SSSR count). The molecule has 0 bridgehead atoms. The summed E-state index contributed by atoms with van der Waals surface area (Å²) in [5.74, 6) is -0.330. The van der Waals surface area contributed by atoms with E-state index in [1.165, 1.54) is 12.0 Å². The lowest BCUT2D eigenvalue weighted by molar-refractivity contribution is -0.892. The predicted octanol–water partition coefficient (Wildman–Crippen LogP) is -0.00240. The van der Waals surface area contributed by atoms with Crippen molar-refractivity contribution in [1.82, 2.24) is 5.32 Å². The normalized spacial score (nSPS) is 15.6. The van der Waals surface area contributed by atoms with E-state index in [9.17, 15) is 14.7 Å². The van der Waals surface area contributed by atoms with Crippen LogP contribution in [0.25, 0.3) is 0 Å². The topological polar surface area (TPSA) is 83.3 Å². The van der Waals surface area contributed by atoms with E-state index in [0.717, 1.165) is 37.4 Å². The third-order valence-electron chi connectivity index (χ3n) is 5.20. The second kappa shape index (κ2) is 9.93. The van der Waals surface area contributed by atoms with Gasteiger partial charge in [-0.1, -0.05) is 30.3 Å². The number of phenols is 1. The summed E-state index contributed by atoms with van der Waals surface area (Å²) in [7, 11) is 1.33. The molecular weight excluding hydrogens is 370 g/mol. The van der Waals surface area contributed by atoms with Gasteiger partial charge in [-0.3, -0.25) is 4.79 Å². The Balaban J connectivity index is 1.50. The number of carbonyl (C=O) groups excluding carboxylic acids is 2. The Bertz CT molecular complexity index is 803. The van der Waals surface area contributed by atoms with Crippen molar-refractivity contribution < 1.29 is 24.3 Å². The van der Waals surface area contributed by atoms with E-state index in [1.807, 2.05) is 42.5 Å². The zero-order valence-corrected chi connectivity index (χ0v) is 16.6. The highest BCUT2D eigenvalue weighted by molar-refractivity contribution is 5.85. The number of phenolic OH excluding ortho intramolecular Hbond substituents is 1. The second-order valence-electron chi connectivity index (χ2n) is 7.26. The van der Waals surface area contributed by atoms with Gasteiger partial charge in [0.15, 0.2) is 6.54 Å². The van der Waals surface area contributed by atoms with E-state index in [2.05, 4.69) is 10.2 Å². The molecule has 1 amide bonds. The van der Waals surface area contributed by atoms with Crippen LogP contribution >= 0.6 is 0 Å². The van der Waals surface area contributed by atoms with Gasteiger partial charge in [-0.2, -0.15) is 0 Å². The summed E-state index contributed by atoms with van der Waals surface area (Å²) in [4.78, 5) is 28.1. The van der Waals surface area contributed by atoms with Crippen LogP contribution in [0.15, 0.2) is 54.6 Å². The molecule has 7 nitrogen and oxygen atoms in total. The van der Waals surface area contributed by atoms with Crippen molar-refractivity contribution in [3.8, 4) is 5.75 Å². The molecule has 3 N–H and O–H groups in total. The summed E-state index contributed by atoms with van der Waals surface area (Å²) in [5.41, 5.74) is 2.04. The van der Waals surface area contributed by atoms with Crippen molar-refractivity contribution in [2.75, 3.05) is 44.7 Å². The van der Waals surface area contributed by atoms with Crippen LogP contribution in [0.3, 0.4) is 0 Å². The van der Waals surface area contributed by atoms with Crippen LogP contribution in [0, 0.1) is 0 Å². The van der Waals surface area contributed by atoms with Gasteiger partial charge in [-0.25, -0.2) is 4.79 Å². The predicted molar refractivity (Wildman–Crippen MR) is 110 cm³/mol. The minimum atomic E-state index is -0.687. The van der Waals surface area contributed by atoms with Crippen LogP contribution in [0.5, 0.6) is 5.75 Å². The molecule has 7 heteroatoms. The number of carbonyl (C=O) groups is 2. The van der Waals surface area contributed by atoms with Crippen molar-refractivity contribution in [2.45, 2.75) is 12.5 Å². The fraction of sp³-hybridized carbons (Fsp3) is 0.364. The van der Waals surface area contributed by atoms with Crippen molar-refractivity contribution >= 4 is 17.6 Å². The van der Waals surface area contributed by atoms with E-state index in [0.29, 0.717) is 13.0 Å². The average Bonchev–Trinajstić information content (AvgIpc) is 2.74. The average molecular weight is 398 g/mol. The third-order valence-corrected chi connectivity index (χ3v) is 5.20. The van der Waals surface area contributed by atoms with E-state index in [-0.39, 0.29) is 11.7 Å². The number of nitrogens with zero attached hydrogens (tertiary/aromatic N) is 1. The van der Waals surface area contributed by atoms with Crippen LogP contribution in [0.1, 0.15) is 5.56 Å². The zero-order valence-electron chi connectivity index (χ0n) is 16.6. The molecule has 0 aliphatic carbocycles. The van der Waals surface area contributed by atoms with Gasteiger partial charge in [-0.05, 0) is 29.8 Å². The number of anilines is 1. The fourth-order valence-corrected chi connectivity index (χ4v) is 3.58. The van der Waals surface area contributed by atoms with E-state index in [4.69, 9.17) is 4.74 Å². The number of methoxy groups -OCH3 is 1. The number of nitrogens with one attached hydrogen (secondary N) is 2. The number of benzene rings is 2. The van der Waals surface area contributed by atoms with Crippen molar-refractivity contribution in [2.24, 2.45) is 0 Å². The largest absolute Gasteiger partial charge is 0.508 e. The van der Waals surface area contributed by atoms with Gasteiger partial charge in [0.05, 0.1) is 33.3 Å². The monoisotopic (exact) mass is 398 g/mol. The molecule has 0 spiro atoms. The van der Waals surface area contributed by atoms with Crippen molar-refractivity contribution in [3.05, 3.63) is 60.2 Å². The Kier molecular flexibility index (Phi) is 7.08. The van der Waals surface area contributed by atoms with Crippen LogP contribution in [0.2, 0.25) is 0 Å². The SMILES string of the molecule is COC(=O)[C@@H](Cc1ccccc1)NC(=O)C[NH+]1CCN(c2ccc(O)cc2)CC1. The maximum Gasteiger partial charge on any atom is 0.328 e. The molecule has 29 heavy (non-hydrogen) atoms. The summed E-state index contributed by atoms with van der Waals surface area (Å²) < 4.78 is 4.86. The van der Waals surface area contributed by atoms with Crippen LogP contribution in [-0.4, -0.2) is 62.9 Å². The first kappa shape index (κ1) is 20.7. The van der Waals surface area contributed by atoms with E-state index >= 15 is 0 Å². The molecular formula is C22H28N3O4+.